The van der Waals surface area contributed by atoms with Gasteiger partial charge in [0.25, 0.3) is 0 Å². The van der Waals surface area contributed by atoms with E-state index in [-0.39, 0.29) is 13.1 Å². The summed E-state index contributed by atoms with van der Waals surface area (Å²) in [6, 6.07) is 15.4. The van der Waals surface area contributed by atoms with Gasteiger partial charge in [-0.15, -0.1) is 0 Å². The van der Waals surface area contributed by atoms with Crippen LogP contribution >= 0.6 is 0 Å². The smallest absolute Gasteiger partial charge is 0.365 e. The van der Waals surface area contributed by atoms with E-state index < -0.39 is 17.6 Å². The Labute approximate surface area is 159 Å². The Hall–Kier alpha value is -3.88. The van der Waals surface area contributed by atoms with Crippen LogP contribution in [0.3, 0.4) is 0 Å². The van der Waals surface area contributed by atoms with Crippen LogP contribution in [0.4, 0.5) is 16.2 Å². The summed E-state index contributed by atoms with van der Waals surface area (Å²) in [5.41, 5.74) is 0.609. The highest BCUT2D eigenvalue weighted by Crippen LogP contribution is 2.25. The van der Waals surface area contributed by atoms with Crippen LogP contribution in [0, 0.1) is 0 Å². The first-order valence-electron chi connectivity index (χ1n) is 8.56. The Kier molecular flexibility index (Phi) is 4.40. The number of benzene rings is 2. The molecule has 9 heteroatoms. The van der Waals surface area contributed by atoms with Gasteiger partial charge in [0, 0.05) is 11.4 Å². The van der Waals surface area contributed by atoms with Gasteiger partial charge in [-0.25, -0.2) is 14.3 Å². The van der Waals surface area contributed by atoms with Crippen molar-refractivity contribution in [3.63, 3.8) is 0 Å². The fourth-order valence-corrected chi connectivity index (χ4v) is 3.04. The van der Waals surface area contributed by atoms with Gasteiger partial charge in [-0.2, -0.15) is 9.67 Å². The molecule has 1 aromatic heterocycles. The van der Waals surface area contributed by atoms with Gasteiger partial charge < -0.3 is 10.1 Å². The molecule has 1 N–H and O–H groups in total. The molecule has 2 amide bonds. The zero-order valence-corrected chi connectivity index (χ0v) is 15.0. The largest absolute Gasteiger partial charge is 0.497 e. The van der Waals surface area contributed by atoms with E-state index in [1.165, 1.54) is 4.90 Å². The first-order chi connectivity index (χ1) is 13.6. The molecule has 1 aliphatic rings. The van der Waals surface area contributed by atoms with Crippen LogP contribution in [0.1, 0.15) is 5.82 Å². The molecule has 0 fully saturated rings. The summed E-state index contributed by atoms with van der Waals surface area (Å²) in [6.07, 6.45) is 0. The number of ether oxygens (including phenoxy) is 1. The average Bonchev–Trinajstić information content (AvgIpc) is 3.18. The number of fused-ring (bicyclic) bond motifs is 1. The quantitative estimate of drug-likeness (QED) is 0.727. The molecule has 3 aromatic rings. The van der Waals surface area contributed by atoms with Crippen LogP contribution in [-0.4, -0.2) is 33.4 Å². The fourth-order valence-electron chi connectivity index (χ4n) is 3.04. The van der Waals surface area contributed by atoms with Crippen molar-refractivity contribution in [1.82, 2.24) is 14.3 Å². The van der Waals surface area contributed by atoms with Crippen molar-refractivity contribution >= 4 is 23.3 Å². The van der Waals surface area contributed by atoms with Gasteiger partial charge in [-0.05, 0) is 36.4 Å². The zero-order chi connectivity index (χ0) is 19.7. The predicted octanol–water partition coefficient (Wildman–Crippen LogP) is 1.68. The van der Waals surface area contributed by atoms with Crippen LogP contribution in [0.15, 0.2) is 59.4 Å². The maximum Gasteiger partial charge on any atom is 0.365 e. The summed E-state index contributed by atoms with van der Waals surface area (Å²) in [4.78, 5) is 42.7. The van der Waals surface area contributed by atoms with Gasteiger partial charge in [0.2, 0.25) is 5.91 Å². The van der Waals surface area contributed by atoms with Crippen molar-refractivity contribution in [2.24, 2.45) is 0 Å². The summed E-state index contributed by atoms with van der Waals surface area (Å²) in [5.74, 6) is 0.535. The number of methoxy groups -OCH3 is 1. The minimum atomic E-state index is -0.638. The van der Waals surface area contributed by atoms with Crippen LogP contribution in [0.5, 0.6) is 5.75 Å². The SMILES string of the molecule is COc1ccc(N2Cc3nc(=O)n(CC(=O)Nc4ccccc4)n3C2=O)cc1. The second-order valence-electron chi connectivity index (χ2n) is 6.16. The third-order valence-electron chi connectivity index (χ3n) is 4.38. The average molecular weight is 379 g/mol. The molecule has 0 atom stereocenters. The molecule has 2 aromatic carbocycles. The van der Waals surface area contributed by atoms with Gasteiger partial charge >= 0.3 is 11.7 Å². The summed E-state index contributed by atoms with van der Waals surface area (Å²) >= 11 is 0. The maximum atomic E-state index is 12.9. The monoisotopic (exact) mass is 379 g/mol. The summed E-state index contributed by atoms with van der Waals surface area (Å²) in [6.45, 7) is -0.170. The van der Waals surface area contributed by atoms with Crippen LogP contribution in [-0.2, 0) is 17.9 Å². The highest BCUT2D eigenvalue weighted by atomic mass is 16.5. The molecule has 0 bridgehead atoms. The number of anilines is 2. The summed E-state index contributed by atoms with van der Waals surface area (Å²) in [7, 11) is 1.56. The molecule has 9 nitrogen and oxygen atoms in total. The number of amides is 2. The van der Waals surface area contributed by atoms with Crippen LogP contribution in [0.25, 0.3) is 0 Å². The molecule has 2 heterocycles. The van der Waals surface area contributed by atoms with Crippen molar-refractivity contribution in [1.29, 1.82) is 0 Å². The van der Waals surface area contributed by atoms with E-state index in [9.17, 15) is 14.4 Å². The molecule has 28 heavy (non-hydrogen) atoms. The van der Waals surface area contributed by atoms with Crippen molar-refractivity contribution < 1.29 is 14.3 Å². The normalized spacial score (nSPS) is 12.8. The first-order valence-corrected chi connectivity index (χ1v) is 8.56. The van der Waals surface area contributed by atoms with Crippen LogP contribution < -0.4 is 20.6 Å². The second kappa shape index (κ2) is 7.03. The number of nitrogens with zero attached hydrogens (tertiary/aromatic N) is 4. The van der Waals surface area contributed by atoms with E-state index in [1.54, 1.807) is 55.6 Å². The van der Waals surface area contributed by atoms with E-state index in [0.29, 0.717) is 22.9 Å². The van der Waals surface area contributed by atoms with E-state index in [1.807, 2.05) is 6.07 Å². The van der Waals surface area contributed by atoms with Gasteiger partial charge in [-0.1, -0.05) is 18.2 Å². The summed E-state index contributed by atoms with van der Waals surface area (Å²) in [5, 5.41) is 2.69. The lowest BCUT2D eigenvalue weighted by Crippen LogP contribution is -2.36. The van der Waals surface area contributed by atoms with Gasteiger partial charge in [-0.3, -0.25) is 9.69 Å². The number of hydrogen-bond donors (Lipinski definition) is 1. The van der Waals surface area contributed by atoms with Crippen molar-refractivity contribution in [2.45, 2.75) is 13.1 Å². The molecule has 0 radical (unpaired) electrons. The second-order valence-corrected chi connectivity index (χ2v) is 6.16. The maximum absolute atomic E-state index is 12.9. The Bertz CT molecular complexity index is 1090. The minimum Gasteiger partial charge on any atom is -0.497 e. The number of aromatic nitrogens is 3. The van der Waals surface area contributed by atoms with Gasteiger partial charge in [0.15, 0.2) is 5.82 Å². The van der Waals surface area contributed by atoms with Crippen LogP contribution in [0.2, 0.25) is 0 Å². The highest BCUT2D eigenvalue weighted by molar-refractivity contribution is 5.96. The molecule has 0 spiro atoms. The highest BCUT2D eigenvalue weighted by Gasteiger charge is 2.33. The molecule has 0 aliphatic carbocycles. The number of hydrogen-bond acceptors (Lipinski definition) is 5. The molecule has 142 valence electrons. The third-order valence-corrected chi connectivity index (χ3v) is 4.38. The lowest BCUT2D eigenvalue weighted by atomic mass is 10.3. The number of carbonyl (C=O) groups is 2. The fraction of sp³-hybridized carbons (Fsp3) is 0.158. The molecule has 0 saturated carbocycles. The predicted molar refractivity (Wildman–Crippen MR) is 102 cm³/mol. The summed E-state index contributed by atoms with van der Waals surface area (Å²) < 4.78 is 7.31. The number of carbonyl (C=O) groups excluding carboxylic acids is 2. The third kappa shape index (κ3) is 3.13. The molecular formula is C19H17N5O4. The standard InChI is InChI=1S/C19H17N5O4/c1-28-15-9-7-14(8-10-15)22-11-16-21-18(26)23(24(16)19(22)27)12-17(25)20-13-5-3-2-4-6-13/h2-10H,11-12H2,1H3,(H,20,25). The Morgan fingerprint density at radius 3 is 2.50 bits per heavy atom. The molecule has 0 saturated heterocycles. The van der Waals surface area contributed by atoms with Gasteiger partial charge in [0.05, 0.1) is 13.7 Å². The van der Waals surface area contributed by atoms with E-state index in [4.69, 9.17) is 4.74 Å². The van der Waals surface area contributed by atoms with Crippen molar-refractivity contribution in [2.75, 3.05) is 17.3 Å². The number of para-hydroxylation sites is 1. The first kappa shape index (κ1) is 17.5. The van der Waals surface area contributed by atoms with E-state index >= 15 is 0 Å². The lowest BCUT2D eigenvalue weighted by molar-refractivity contribution is -0.117. The topological polar surface area (TPSA) is 98.5 Å². The number of rotatable bonds is 5. The van der Waals surface area contributed by atoms with Crippen molar-refractivity contribution in [3.8, 4) is 5.75 Å². The van der Waals surface area contributed by atoms with E-state index in [0.717, 1.165) is 9.36 Å². The van der Waals surface area contributed by atoms with E-state index in [2.05, 4.69) is 10.3 Å². The molecule has 4 rings (SSSR count). The molecule has 0 unspecified atom stereocenters. The van der Waals surface area contributed by atoms with Gasteiger partial charge in [0.1, 0.15) is 12.3 Å². The molecule has 1 aliphatic heterocycles. The molecular weight excluding hydrogens is 362 g/mol. The lowest BCUT2D eigenvalue weighted by Gasteiger charge is -2.16. The minimum absolute atomic E-state index is 0.147. The Morgan fingerprint density at radius 2 is 1.82 bits per heavy atom. The van der Waals surface area contributed by atoms with Crippen molar-refractivity contribution in [3.05, 3.63) is 70.9 Å². The Balaban J connectivity index is 1.56. The Morgan fingerprint density at radius 1 is 1.11 bits per heavy atom. The number of nitrogens with one attached hydrogen (secondary N) is 1. The zero-order valence-electron chi connectivity index (χ0n) is 15.0.